The van der Waals surface area contributed by atoms with E-state index in [-0.39, 0.29) is 11.3 Å². The Balaban J connectivity index is 2.31. The summed E-state index contributed by atoms with van der Waals surface area (Å²) in [5, 5.41) is 0. The standard InChI is InChI=1S/C9H13N3O/c10-12-8(13)9(4-2-5-9)7-3-1-6-11-7/h1,3,6,11H,2,4-5,10H2,(H,12,13). The second-order valence-electron chi connectivity index (χ2n) is 3.49. The highest BCUT2D eigenvalue weighted by Gasteiger charge is 2.46. The van der Waals surface area contributed by atoms with Crippen molar-refractivity contribution in [1.29, 1.82) is 0 Å². The molecule has 0 bridgehead atoms. The number of rotatable bonds is 2. The Morgan fingerprint density at radius 1 is 1.62 bits per heavy atom. The molecule has 0 atom stereocenters. The maximum Gasteiger partial charge on any atom is 0.246 e. The van der Waals surface area contributed by atoms with E-state index in [0.29, 0.717) is 0 Å². The minimum atomic E-state index is -0.377. The number of carbonyl (C=O) groups is 1. The number of aromatic nitrogens is 1. The average molecular weight is 179 g/mol. The number of hydrazine groups is 1. The van der Waals surface area contributed by atoms with Gasteiger partial charge in [0.15, 0.2) is 0 Å². The van der Waals surface area contributed by atoms with E-state index in [9.17, 15) is 4.79 Å². The molecule has 0 aromatic carbocycles. The summed E-state index contributed by atoms with van der Waals surface area (Å²) in [6, 6.07) is 3.84. The fourth-order valence-corrected chi connectivity index (χ4v) is 1.92. The van der Waals surface area contributed by atoms with Gasteiger partial charge in [-0.15, -0.1) is 0 Å². The lowest BCUT2D eigenvalue weighted by molar-refractivity contribution is -0.130. The Hall–Kier alpha value is -1.29. The van der Waals surface area contributed by atoms with E-state index in [1.807, 2.05) is 18.3 Å². The predicted octanol–water partition coefficient (Wildman–Crippen LogP) is 0.426. The molecular weight excluding hydrogens is 166 g/mol. The molecule has 1 aliphatic rings. The van der Waals surface area contributed by atoms with Crippen molar-refractivity contribution < 1.29 is 4.79 Å². The van der Waals surface area contributed by atoms with Gasteiger partial charge in [-0.2, -0.15) is 0 Å². The molecule has 2 rings (SSSR count). The Labute approximate surface area is 76.5 Å². The van der Waals surface area contributed by atoms with Crippen LogP contribution in [0.1, 0.15) is 25.0 Å². The van der Waals surface area contributed by atoms with E-state index in [1.165, 1.54) is 0 Å². The Kier molecular flexibility index (Phi) is 1.84. The number of H-pyrrole nitrogens is 1. The molecule has 4 N–H and O–H groups in total. The molecule has 4 nitrogen and oxygen atoms in total. The molecule has 0 spiro atoms. The summed E-state index contributed by atoms with van der Waals surface area (Å²) in [5.41, 5.74) is 2.83. The lowest BCUT2D eigenvalue weighted by Crippen LogP contribution is -2.51. The molecule has 13 heavy (non-hydrogen) atoms. The van der Waals surface area contributed by atoms with E-state index in [0.717, 1.165) is 25.0 Å². The smallest absolute Gasteiger partial charge is 0.246 e. The number of aromatic amines is 1. The van der Waals surface area contributed by atoms with Gasteiger partial charge in [-0.1, -0.05) is 6.42 Å². The number of carbonyl (C=O) groups excluding carboxylic acids is 1. The second kappa shape index (κ2) is 2.88. The zero-order valence-corrected chi connectivity index (χ0v) is 7.34. The first-order valence-electron chi connectivity index (χ1n) is 4.44. The fraction of sp³-hybridized carbons (Fsp3) is 0.444. The van der Waals surface area contributed by atoms with Crippen LogP contribution in [0.5, 0.6) is 0 Å². The van der Waals surface area contributed by atoms with Crippen LogP contribution < -0.4 is 11.3 Å². The zero-order valence-electron chi connectivity index (χ0n) is 7.34. The molecule has 0 saturated heterocycles. The largest absolute Gasteiger partial charge is 0.364 e. The van der Waals surface area contributed by atoms with Crippen LogP contribution in [-0.4, -0.2) is 10.9 Å². The van der Waals surface area contributed by atoms with Crippen LogP contribution in [-0.2, 0) is 10.2 Å². The van der Waals surface area contributed by atoms with E-state index >= 15 is 0 Å². The molecule has 1 fully saturated rings. The maximum atomic E-state index is 11.6. The SMILES string of the molecule is NNC(=O)C1(c2ccc[nH]2)CCC1. The summed E-state index contributed by atoms with van der Waals surface area (Å²) in [6.07, 6.45) is 4.69. The molecule has 1 aliphatic carbocycles. The van der Waals surface area contributed by atoms with Crippen molar-refractivity contribution in [3.05, 3.63) is 24.0 Å². The van der Waals surface area contributed by atoms with Gasteiger partial charge < -0.3 is 4.98 Å². The Morgan fingerprint density at radius 2 is 2.38 bits per heavy atom. The maximum absolute atomic E-state index is 11.6. The van der Waals surface area contributed by atoms with Gasteiger partial charge in [0.1, 0.15) is 0 Å². The van der Waals surface area contributed by atoms with Crippen LogP contribution in [0.3, 0.4) is 0 Å². The van der Waals surface area contributed by atoms with Crippen LogP contribution in [0.25, 0.3) is 0 Å². The molecule has 0 aliphatic heterocycles. The number of hydrogen-bond donors (Lipinski definition) is 3. The van der Waals surface area contributed by atoms with Gasteiger partial charge in [-0.05, 0) is 25.0 Å². The molecule has 0 unspecified atom stereocenters. The Morgan fingerprint density at radius 3 is 2.77 bits per heavy atom. The highest BCUT2D eigenvalue weighted by Crippen LogP contribution is 2.42. The van der Waals surface area contributed by atoms with Crippen LogP contribution in [0.15, 0.2) is 18.3 Å². The van der Waals surface area contributed by atoms with E-state index in [4.69, 9.17) is 5.84 Å². The first-order valence-corrected chi connectivity index (χ1v) is 4.44. The van der Waals surface area contributed by atoms with E-state index in [2.05, 4.69) is 10.4 Å². The summed E-state index contributed by atoms with van der Waals surface area (Å²) in [6.45, 7) is 0. The average Bonchev–Trinajstić information content (AvgIpc) is 2.55. The molecule has 1 aromatic heterocycles. The van der Waals surface area contributed by atoms with E-state index < -0.39 is 0 Å². The van der Waals surface area contributed by atoms with Crippen molar-refractivity contribution in [3.8, 4) is 0 Å². The number of nitrogens with one attached hydrogen (secondary N) is 2. The quantitative estimate of drug-likeness (QED) is 0.350. The third-order valence-electron chi connectivity index (χ3n) is 2.89. The van der Waals surface area contributed by atoms with Crippen molar-refractivity contribution in [1.82, 2.24) is 10.4 Å². The first kappa shape index (κ1) is 8.31. The van der Waals surface area contributed by atoms with Gasteiger partial charge >= 0.3 is 0 Å². The fourth-order valence-electron chi connectivity index (χ4n) is 1.92. The lowest BCUT2D eigenvalue weighted by Gasteiger charge is -2.38. The molecule has 1 aromatic rings. The van der Waals surface area contributed by atoms with Gasteiger partial charge in [0.25, 0.3) is 0 Å². The summed E-state index contributed by atoms with van der Waals surface area (Å²) in [7, 11) is 0. The predicted molar refractivity (Wildman–Crippen MR) is 48.7 cm³/mol. The first-order chi connectivity index (χ1) is 6.29. The van der Waals surface area contributed by atoms with Crippen LogP contribution in [0, 0.1) is 0 Å². The summed E-state index contributed by atoms with van der Waals surface area (Å²) in [4.78, 5) is 14.6. The van der Waals surface area contributed by atoms with Crippen LogP contribution in [0.2, 0.25) is 0 Å². The molecule has 70 valence electrons. The van der Waals surface area contributed by atoms with Gasteiger partial charge in [0.2, 0.25) is 5.91 Å². The topological polar surface area (TPSA) is 70.9 Å². The Bertz CT molecular complexity index is 301. The lowest BCUT2D eigenvalue weighted by atomic mass is 9.66. The zero-order chi connectivity index (χ0) is 9.31. The normalized spacial score (nSPS) is 19.2. The third kappa shape index (κ3) is 1.06. The number of nitrogens with two attached hydrogens (primary N) is 1. The molecule has 1 saturated carbocycles. The van der Waals surface area contributed by atoms with Crippen LogP contribution >= 0.6 is 0 Å². The van der Waals surface area contributed by atoms with E-state index in [1.54, 1.807) is 0 Å². The van der Waals surface area contributed by atoms with Gasteiger partial charge in [0.05, 0.1) is 5.41 Å². The molecule has 0 radical (unpaired) electrons. The summed E-state index contributed by atoms with van der Waals surface area (Å²) < 4.78 is 0. The van der Waals surface area contributed by atoms with Gasteiger partial charge in [-0.25, -0.2) is 5.84 Å². The highest BCUT2D eigenvalue weighted by atomic mass is 16.2. The minimum absolute atomic E-state index is 0.0822. The van der Waals surface area contributed by atoms with Crippen molar-refractivity contribution in [2.75, 3.05) is 0 Å². The van der Waals surface area contributed by atoms with Gasteiger partial charge in [-0.3, -0.25) is 10.2 Å². The number of hydrogen-bond acceptors (Lipinski definition) is 2. The minimum Gasteiger partial charge on any atom is -0.364 e. The van der Waals surface area contributed by atoms with Crippen LogP contribution in [0.4, 0.5) is 0 Å². The van der Waals surface area contributed by atoms with Crippen molar-refractivity contribution in [3.63, 3.8) is 0 Å². The monoisotopic (exact) mass is 179 g/mol. The third-order valence-corrected chi connectivity index (χ3v) is 2.89. The van der Waals surface area contributed by atoms with Crippen molar-refractivity contribution >= 4 is 5.91 Å². The van der Waals surface area contributed by atoms with Gasteiger partial charge in [0, 0.05) is 11.9 Å². The highest BCUT2D eigenvalue weighted by molar-refractivity contribution is 5.88. The molecule has 4 heteroatoms. The van der Waals surface area contributed by atoms with Crippen molar-refractivity contribution in [2.24, 2.45) is 5.84 Å². The molecule has 1 heterocycles. The number of amides is 1. The molecule has 1 amide bonds. The summed E-state index contributed by atoms with van der Waals surface area (Å²) in [5.74, 6) is 5.08. The summed E-state index contributed by atoms with van der Waals surface area (Å²) >= 11 is 0. The second-order valence-corrected chi connectivity index (χ2v) is 3.49. The van der Waals surface area contributed by atoms with Crippen molar-refractivity contribution in [2.45, 2.75) is 24.7 Å². The molecular formula is C9H13N3O.